The number of carbonyl (C=O) groups is 1. The maximum Gasteiger partial charge on any atom is 0.226 e. The summed E-state index contributed by atoms with van der Waals surface area (Å²) in [5.41, 5.74) is 0. The molecular weight excluding hydrogens is 188 g/mol. The van der Waals surface area contributed by atoms with Gasteiger partial charge in [-0.2, -0.15) is 0 Å². The SMILES string of the molecule is CN(C(=O)C1C2CCCCC21)C1CNC1. The first-order chi connectivity index (χ1) is 7.29. The molecule has 84 valence electrons. The van der Waals surface area contributed by atoms with Crippen LogP contribution in [0.1, 0.15) is 25.7 Å². The zero-order valence-electron chi connectivity index (χ0n) is 9.41. The van der Waals surface area contributed by atoms with E-state index in [1.807, 2.05) is 11.9 Å². The average Bonchev–Trinajstić information content (AvgIpc) is 2.87. The van der Waals surface area contributed by atoms with Crippen molar-refractivity contribution in [3.05, 3.63) is 0 Å². The number of fused-ring (bicyclic) bond motifs is 1. The lowest BCUT2D eigenvalue weighted by Crippen LogP contribution is -2.57. The van der Waals surface area contributed by atoms with Crippen LogP contribution in [-0.4, -0.2) is 37.0 Å². The molecule has 2 aliphatic carbocycles. The van der Waals surface area contributed by atoms with E-state index in [9.17, 15) is 4.79 Å². The van der Waals surface area contributed by atoms with E-state index in [2.05, 4.69) is 5.32 Å². The van der Waals surface area contributed by atoms with E-state index in [-0.39, 0.29) is 0 Å². The Hall–Kier alpha value is -0.570. The van der Waals surface area contributed by atoms with Gasteiger partial charge in [0.1, 0.15) is 0 Å². The molecule has 1 amide bonds. The average molecular weight is 208 g/mol. The molecule has 1 N–H and O–H groups in total. The molecule has 0 aromatic heterocycles. The molecule has 3 rings (SSSR count). The van der Waals surface area contributed by atoms with Gasteiger partial charge in [0.15, 0.2) is 0 Å². The fourth-order valence-electron chi connectivity index (χ4n) is 3.32. The standard InChI is InChI=1S/C12H20N2O/c1-14(8-6-13-7-8)12(15)11-9-4-2-3-5-10(9)11/h8-11,13H,2-7H2,1H3. The van der Waals surface area contributed by atoms with E-state index in [1.54, 1.807) is 0 Å². The Bertz CT molecular complexity index is 263. The number of rotatable bonds is 2. The van der Waals surface area contributed by atoms with Crippen molar-refractivity contribution in [1.29, 1.82) is 0 Å². The third-order valence-corrected chi connectivity index (χ3v) is 4.60. The molecule has 0 aromatic rings. The quantitative estimate of drug-likeness (QED) is 0.730. The first-order valence-corrected chi connectivity index (χ1v) is 6.26. The van der Waals surface area contributed by atoms with Crippen LogP contribution in [0.25, 0.3) is 0 Å². The summed E-state index contributed by atoms with van der Waals surface area (Å²) in [5, 5.41) is 3.23. The highest BCUT2D eigenvalue weighted by molar-refractivity contribution is 5.82. The second-order valence-corrected chi connectivity index (χ2v) is 5.40. The number of likely N-dealkylation sites (N-methyl/N-ethyl adjacent to an activating group) is 1. The Morgan fingerprint density at radius 1 is 1.20 bits per heavy atom. The van der Waals surface area contributed by atoms with Crippen molar-refractivity contribution in [2.75, 3.05) is 20.1 Å². The molecule has 2 atom stereocenters. The number of hydrogen-bond donors (Lipinski definition) is 1. The molecule has 3 fully saturated rings. The van der Waals surface area contributed by atoms with Crippen LogP contribution in [0.15, 0.2) is 0 Å². The van der Waals surface area contributed by atoms with Crippen molar-refractivity contribution in [2.45, 2.75) is 31.7 Å². The predicted molar refractivity (Wildman–Crippen MR) is 58.4 cm³/mol. The van der Waals surface area contributed by atoms with Gasteiger partial charge < -0.3 is 10.2 Å². The Balaban J connectivity index is 1.60. The summed E-state index contributed by atoms with van der Waals surface area (Å²) in [4.78, 5) is 14.2. The third-order valence-electron chi connectivity index (χ3n) is 4.60. The van der Waals surface area contributed by atoms with Gasteiger partial charge in [0, 0.05) is 26.1 Å². The maximum absolute atomic E-state index is 12.2. The zero-order chi connectivity index (χ0) is 10.4. The first-order valence-electron chi connectivity index (χ1n) is 6.26. The van der Waals surface area contributed by atoms with Gasteiger partial charge in [-0.3, -0.25) is 4.79 Å². The van der Waals surface area contributed by atoms with Crippen LogP contribution in [0, 0.1) is 17.8 Å². The van der Waals surface area contributed by atoms with Crippen LogP contribution in [-0.2, 0) is 4.79 Å². The van der Waals surface area contributed by atoms with E-state index in [1.165, 1.54) is 25.7 Å². The van der Waals surface area contributed by atoms with E-state index in [4.69, 9.17) is 0 Å². The zero-order valence-corrected chi connectivity index (χ0v) is 9.41. The van der Waals surface area contributed by atoms with Crippen molar-refractivity contribution in [3.63, 3.8) is 0 Å². The minimum absolute atomic E-state index is 0.401. The van der Waals surface area contributed by atoms with Crippen LogP contribution in [0.5, 0.6) is 0 Å². The fourth-order valence-corrected chi connectivity index (χ4v) is 3.32. The van der Waals surface area contributed by atoms with Crippen molar-refractivity contribution in [3.8, 4) is 0 Å². The molecule has 0 aromatic carbocycles. The highest BCUT2D eigenvalue weighted by Crippen LogP contribution is 2.56. The van der Waals surface area contributed by atoms with E-state index in [0.717, 1.165) is 24.9 Å². The molecule has 0 spiro atoms. The molecule has 3 nitrogen and oxygen atoms in total. The molecule has 2 saturated carbocycles. The summed E-state index contributed by atoms with van der Waals surface area (Å²) >= 11 is 0. The van der Waals surface area contributed by atoms with Gasteiger partial charge in [-0.05, 0) is 24.7 Å². The minimum atomic E-state index is 0.401. The first kappa shape index (κ1) is 9.64. The summed E-state index contributed by atoms with van der Waals surface area (Å²) in [6.45, 7) is 1.98. The summed E-state index contributed by atoms with van der Waals surface area (Å²) < 4.78 is 0. The predicted octanol–water partition coefficient (Wildman–Crippen LogP) is 0.853. The Labute approximate surface area is 91.2 Å². The Morgan fingerprint density at radius 3 is 2.27 bits per heavy atom. The van der Waals surface area contributed by atoms with Gasteiger partial charge in [0.2, 0.25) is 5.91 Å². The number of nitrogens with zero attached hydrogens (tertiary/aromatic N) is 1. The fraction of sp³-hybridized carbons (Fsp3) is 0.917. The van der Waals surface area contributed by atoms with Gasteiger partial charge in [-0.25, -0.2) is 0 Å². The van der Waals surface area contributed by atoms with E-state index in [0.29, 0.717) is 17.9 Å². The van der Waals surface area contributed by atoms with E-state index >= 15 is 0 Å². The van der Waals surface area contributed by atoms with Crippen LogP contribution in [0.3, 0.4) is 0 Å². The third kappa shape index (κ3) is 1.48. The van der Waals surface area contributed by atoms with Crippen molar-refractivity contribution in [2.24, 2.45) is 17.8 Å². The highest BCUT2D eigenvalue weighted by atomic mass is 16.2. The number of amides is 1. The van der Waals surface area contributed by atoms with Crippen LogP contribution >= 0.6 is 0 Å². The molecule has 3 heteroatoms. The van der Waals surface area contributed by atoms with E-state index < -0.39 is 0 Å². The largest absolute Gasteiger partial charge is 0.340 e. The number of hydrogen-bond acceptors (Lipinski definition) is 2. The smallest absolute Gasteiger partial charge is 0.226 e. The molecule has 2 unspecified atom stereocenters. The Morgan fingerprint density at radius 2 is 1.80 bits per heavy atom. The molecule has 3 aliphatic rings. The lowest BCUT2D eigenvalue weighted by Gasteiger charge is -2.35. The van der Waals surface area contributed by atoms with Crippen LogP contribution in [0.4, 0.5) is 0 Å². The van der Waals surface area contributed by atoms with Gasteiger partial charge in [-0.1, -0.05) is 12.8 Å². The monoisotopic (exact) mass is 208 g/mol. The molecule has 15 heavy (non-hydrogen) atoms. The second kappa shape index (κ2) is 3.48. The van der Waals surface area contributed by atoms with Crippen LogP contribution < -0.4 is 5.32 Å². The molecule has 1 aliphatic heterocycles. The van der Waals surface area contributed by atoms with Gasteiger partial charge >= 0.3 is 0 Å². The van der Waals surface area contributed by atoms with Crippen molar-refractivity contribution in [1.82, 2.24) is 10.2 Å². The topological polar surface area (TPSA) is 32.3 Å². The second-order valence-electron chi connectivity index (χ2n) is 5.40. The normalized spacial score (nSPS) is 39.1. The van der Waals surface area contributed by atoms with Gasteiger partial charge in [0.25, 0.3) is 0 Å². The molecular formula is C12H20N2O. The molecule has 0 bridgehead atoms. The van der Waals surface area contributed by atoms with Crippen molar-refractivity contribution < 1.29 is 4.79 Å². The number of carbonyl (C=O) groups excluding carboxylic acids is 1. The summed E-state index contributed by atoms with van der Waals surface area (Å²) in [7, 11) is 1.98. The lowest BCUT2D eigenvalue weighted by molar-refractivity contribution is -0.134. The summed E-state index contributed by atoms with van der Waals surface area (Å²) in [5.74, 6) is 2.33. The Kier molecular flexibility index (Phi) is 2.23. The summed E-state index contributed by atoms with van der Waals surface area (Å²) in [6, 6.07) is 0.472. The molecule has 1 heterocycles. The van der Waals surface area contributed by atoms with Crippen LogP contribution in [0.2, 0.25) is 0 Å². The van der Waals surface area contributed by atoms with Gasteiger partial charge in [-0.15, -0.1) is 0 Å². The number of nitrogens with one attached hydrogen (secondary N) is 1. The lowest BCUT2D eigenvalue weighted by atomic mass is 10.0. The molecule has 0 radical (unpaired) electrons. The summed E-state index contributed by atoms with van der Waals surface area (Å²) in [6.07, 6.45) is 5.30. The highest BCUT2D eigenvalue weighted by Gasteiger charge is 2.55. The maximum atomic E-state index is 12.2. The van der Waals surface area contributed by atoms with Gasteiger partial charge in [0.05, 0.1) is 6.04 Å². The molecule has 1 saturated heterocycles. The van der Waals surface area contributed by atoms with Crippen molar-refractivity contribution >= 4 is 5.91 Å². The minimum Gasteiger partial charge on any atom is -0.340 e.